The lowest BCUT2D eigenvalue weighted by Gasteiger charge is -2.08. The van der Waals surface area contributed by atoms with Crippen molar-refractivity contribution in [1.29, 1.82) is 0 Å². The van der Waals surface area contributed by atoms with Crippen LogP contribution in [-0.2, 0) is 9.53 Å². The van der Waals surface area contributed by atoms with Crippen LogP contribution < -0.4 is 20.1 Å². The number of imide groups is 1. The van der Waals surface area contributed by atoms with Crippen molar-refractivity contribution in [3.63, 3.8) is 0 Å². The van der Waals surface area contributed by atoms with E-state index < -0.39 is 24.5 Å². The van der Waals surface area contributed by atoms with Crippen LogP contribution in [0.3, 0.4) is 0 Å². The molecule has 2 aromatic rings. The van der Waals surface area contributed by atoms with Crippen molar-refractivity contribution in [2.24, 2.45) is 0 Å². The highest BCUT2D eigenvalue weighted by Gasteiger charge is 2.13. The third-order valence-corrected chi connectivity index (χ3v) is 3.26. The van der Waals surface area contributed by atoms with E-state index in [4.69, 9.17) is 14.2 Å². The molecule has 0 aliphatic rings. The molecule has 0 saturated heterocycles. The van der Waals surface area contributed by atoms with Crippen LogP contribution in [0.2, 0.25) is 0 Å². The first-order valence-corrected chi connectivity index (χ1v) is 7.58. The topological polar surface area (TPSA) is 103 Å². The number of urea groups is 1. The van der Waals surface area contributed by atoms with Crippen LogP contribution in [0.5, 0.6) is 11.5 Å². The summed E-state index contributed by atoms with van der Waals surface area (Å²) in [7, 11) is 3.04. The molecule has 26 heavy (non-hydrogen) atoms. The third-order valence-electron chi connectivity index (χ3n) is 3.26. The van der Waals surface area contributed by atoms with Crippen molar-refractivity contribution in [3.8, 4) is 11.5 Å². The fourth-order valence-electron chi connectivity index (χ4n) is 1.94. The Morgan fingerprint density at radius 2 is 1.38 bits per heavy atom. The molecule has 0 saturated carbocycles. The lowest BCUT2D eigenvalue weighted by Crippen LogP contribution is -2.37. The van der Waals surface area contributed by atoms with E-state index in [2.05, 4.69) is 10.6 Å². The number of esters is 1. The number of ether oxygens (including phenoxy) is 3. The van der Waals surface area contributed by atoms with E-state index in [0.29, 0.717) is 17.2 Å². The SMILES string of the molecule is COc1ccc(NC(=O)NC(=O)COC(=O)c2ccc(OC)cc2)cc1. The number of hydrogen-bond acceptors (Lipinski definition) is 6. The first kappa shape index (κ1) is 18.8. The van der Waals surface area contributed by atoms with Gasteiger partial charge in [0.1, 0.15) is 11.5 Å². The molecule has 0 aliphatic carbocycles. The van der Waals surface area contributed by atoms with Crippen LogP contribution in [-0.4, -0.2) is 38.7 Å². The lowest BCUT2D eigenvalue weighted by atomic mass is 10.2. The van der Waals surface area contributed by atoms with E-state index in [9.17, 15) is 14.4 Å². The predicted molar refractivity (Wildman–Crippen MR) is 93.4 cm³/mol. The standard InChI is InChI=1S/C18H18N2O6/c1-24-14-7-3-12(4-8-14)17(22)26-11-16(21)20-18(23)19-13-5-9-15(25-2)10-6-13/h3-10H,11H2,1-2H3,(H2,19,20,21,23). The zero-order valence-corrected chi connectivity index (χ0v) is 14.3. The number of carbonyl (C=O) groups excluding carboxylic acids is 3. The smallest absolute Gasteiger partial charge is 0.338 e. The zero-order valence-electron chi connectivity index (χ0n) is 14.3. The van der Waals surface area contributed by atoms with Gasteiger partial charge in [-0.05, 0) is 48.5 Å². The van der Waals surface area contributed by atoms with Crippen molar-refractivity contribution < 1.29 is 28.6 Å². The van der Waals surface area contributed by atoms with Gasteiger partial charge in [0.15, 0.2) is 6.61 Å². The van der Waals surface area contributed by atoms with Gasteiger partial charge in [-0.1, -0.05) is 0 Å². The minimum absolute atomic E-state index is 0.265. The minimum Gasteiger partial charge on any atom is -0.497 e. The third kappa shape index (κ3) is 5.52. The van der Waals surface area contributed by atoms with E-state index in [1.54, 1.807) is 36.4 Å². The van der Waals surface area contributed by atoms with Gasteiger partial charge in [-0.15, -0.1) is 0 Å². The fourth-order valence-corrected chi connectivity index (χ4v) is 1.94. The number of nitrogens with one attached hydrogen (secondary N) is 2. The maximum Gasteiger partial charge on any atom is 0.338 e. The Morgan fingerprint density at radius 3 is 1.92 bits per heavy atom. The molecule has 0 atom stereocenters. The van der Waals surface area contributed by atoms with Crippen molar-refractivity contribution >= 4 is 23.6 Å². The van der Waals surface area contributed by atoms with Crippen molar-refractivity contribution in [2.75, 3.05) is 26.1 Å². The largest absolute Gasteiger partial charge is 0.497 e. The molecular weight excluding hydrogens is 340 g/mol. The molecule has 0 bridgehead atoms. The van der Waals surface area contributed by atoms with Crippen LogP contribution in [0.1, 0.15) is 10.4 Å². The van der Waals surface area contributed by atoms with Gasteiger partial charge in [0.05, 0.1) is 19.8 Å². The zero-order chi connectivity index (χ0) is 18.9. The monoisotopic (exact) mass is 358 g/mol. The molecule has 0 radical (unpaired) electrons. The van der Waals surface area contributed by atoms with E-state index in [0.717, 1.165) is 0 Å². The summed E-state index contributed by atoms with van der Waals surface area (Å²) in [4.78, 5) is 35.3. The van der Waals surface area contributed by atoms with Crippen LogP contribution in [0.15, 0.2) is 48.5 Å². The Kier molecular flexibility index (Phi) is 6.55. The van der Waals surface area contributed by atoms with Gasteiger partial charge in [0.25, 0.3) is 5.91 Å². The summed E-state index contributed by atoms with van der Waals surface area (Å²) in [6, 6.07) is 12.0. The average molecular weight is 358 g/mol. The summed E-state index contributed by atoms with van der Waals surface area (Å²) in [5.41, 5.74) is 0.743. The Morgan fingerprint density at radius 1 is 0.846 bits per heavy atom. The van der Waals surface area contributed by atoms with Gasteiger partial charge in [-0.3, -0.25) is 10.1 Å². The van der Waals surface area contributed by atoms with Crippen LogP contribution >= 0.6 is 0 Å². The van der Waals surface area contributed by atoms with Crippen molar-refractivity contribution in [2.45, 2.75) is 0 Å². The van der Waals surface area contributed by atoms with Gasteiger partial charge in [0.2, 0.25) is 0 Å². The molecule has 2 N–H and O–H groups in total. The molecule has 0 spiro atoms. The fraction of sp³-hybridized carbons (Fsp3) is 0.167. The van der Waals surface area contributed by atoms with Gasteiger partial charge >= 0.3 is 12.0 Å². The Bertz CT molecular complexity index is 771. The first-order chi connectivity index (χ1) is 12.5. The number of rotatable bonds is 6. The predicted octanol–water partition coefficient (Wildman–Crippen LogP) is 2.21. The summed E-state index contributed by atoms with van der Waals surface area (Å²) in [6.07, 6.45) is 0. The van der Waals surface area contributed by atoms with Gasteiger partial charge < -0.3 is 19.5 Å². The van der Waals surface area contributed by atoms with Gasteiger partial charge in [-0.2, -0.15) is 0 Å². The highest BCUT2D eigenvalue weighted by atomic mass is 16.5. The van der Waals surface area contributed by atoms with E-state index in [1.165, 1.54) is 26.4 Å². The number of methoxy groups -OCH3 is 2. The average Bonchev–Trinajstić information content (AvgIpc) is 2.66. The van der Waals surface area contributed by atoms with Crippen LogP contribution in [0.4, 0.5) is 10.5 Å². The molecule has 136 valence electrons. The number of amides is 3. The van der Waals surface area contributed by atoms with E-state index >= 15 is 0 Å². The molecular formula is C18H18N2O6. The summed E-state index contributed by atoms with van der Waals surface area (Å²) < 4.78 is 14.8. The number of anilines is 1. The summed E-state index contributed by atoms with van der Waals surface area (Å²) >= 11 is 0. The molecule has 0 aromatic heterocycles. The Hall–Kier alpha value is -3.55. The molecule has 0 fully saturated rings. The second-order valence-corrected chi connectivity index (χ2v) is 5.04. The highest BCUT2D eigenvalue weighted by Crippen LogP contribution is 2.14. The molecule has 0 unspecified atom stereocenters. The molecule has 2 aromatic carbocycles. The summed E-state index contributed by atoms with van der Waals surface area (Å²) in [5, 5.41) is 4.54. The molecule has 8 heteroatoms. The highest BCUT2D eigenvalue weighted by molar-refractivity contribution is 6.02. The molecule has 0 aliphatic heterocycles. The maximum atomic E-state index is 11.8. The molecule has 0 heterocycles. The number of benzene rings is 2. The quantitative estimate of drug-likeness (QED) is 0.768. The normalized spacial score (nSPS) is 9.77. The minimum atomic E-state index is -0.752. The Labute approximate surface area is 150 Å². The van der Waals surface area contributed by atoms with Crippen molar-refractivity contribution in [1.82, 2.24) is 5.32 Å². The second kappa shape index (κ2) is 9.07. The van der Waals surface area contributed by atoms with Crippen molar-refractivity contribution in [3.05, 3.63) is 54.1 Å². The number of hydrogen-bond donors (Lipinski definition) is 2. The summed E-state index contributed by atoms with van der Waals surface area (Å²) in [6.45, 7) is -0.582. The van der Waals surface area contributed by atoms with Gasteiger partial charge in [0, 0.05) is 5.69 Å². The van der Waals surface area contributed by atoms with Crippen LogP contribution in [0, 0.1) is 0 Å². The first-order valence-electron chi connectivity index (χ1n) is 7.58. The number of carbonyl (C=O) groups is 3. The molecule has 2 rings (SSSR count). The maximum absolute atomic E-state index is 11.8. The van der Waals surface area contributed by atoms with Crippen LogP contribution in [0.25, 0.3) is 0 Å². The van der Waals surface area contributed by atoms with Gasteiger partial charge in [-0.25, -0.2) is 9.59 Å². The van der Waals surface area contributed by atoms with E-state index in [-0.39, 0.29) is 5.56 Å². The lowest BCUT2D eigenvalue weighted by molar-refractivity contribution is -0.123. The Balaban J connectivity index is 1.77. The van der Waals surface area contributed by atoms with E-state index in [1.807, 2.05) is 0 Å². The summed E-state index contributed by atoms with van der Waals surface area (Å²) in [5.74, 6) is -0.205. The second-order valence-electron chi connectivity index (χ2n) is 5.04. The molecule has 8 nitrogen and oxygen atoms in total. The molecule has 3 amide bonds.